The largest absolute Gasteiger partial charge is 0.310 e. The van der Waals surface area contributed by atoms with Gasteiger partial charge < -0.3 is 5.32 Å². The van der Waals surface area contributed by atoms with Crippen LogP contribution in [0.25, 0.3) is 0 Å². The van der Waals surface area contributed by atoms with E-state index in [9.17, 15) is 0 Å². The van der Waals surface area contributed by atoms with Crippen molar-refractivity contribution < 1.29 is 0 Å². The molecular formula is C16H17BrClNS. The van der Waals surface area contributed by atoms with Crippen LogP contribution in [-0.2, 0) is 0 Å². The average Bonchev–Trinajstić information content (AvgIpc) is 2.43. The molecule has 0 amide bonds. The zero-order valence-corrected chi connectivity index (χ0v) is 14.6. The first kappa shape index (κ1) is 15.9. The molecule has 4 heteroatoms. The number of nitrogens with one attached hydrogen (secondary N) is 1. The van der Waals surface area contributed by atoms with Gasteiger partial charge in [-0.1, -0.05) is 46.2 Å². The third-order valence-corrected chi connectivity index (χ3v) is 4.83. The summed E-state index contributed by atoms with van der Waals surface area (Å²) in [5.41, 5.74) is 1.31. The van der Waals surface area contributed by atoms with E-state index < -0.39 is 0 Å². The molecule has 2 aromatic rings. The minimum atomic E-state index is 0.326. The Morgan fingerprint density at radius 2 is 1.90 bits per heavy atom. The Balaban J connectivity index is 2.28. The molecule has 2 aromatic carbocycles. The number of hydrogen-bond donors (Lipinski definition) is 1. The molecule has 1 nitrogen and oxygen atoms in total. The van der Waals surface area contributed by atoms with Crippen LogP contribution in [-0.4, -0.2) is 6.54 Å². The van der Waals surface area contributed by atoms with Crippen molar-refractivity contribution in [2.45, 2.75) is 29.7 Å². The second kappa shape index (κ2) is 7.51. The van der Waals surface area contributed by atoms with E-state index in [-0.39, 0.29) is 0 Å². The van der Waals surface area contributed by atoms with Gasteiger partial charge in [0.25, 0.3) is 0 Å². The fourth-order valence-corrected chi connectivity index (χ4v) is 3.52. The molecule has 0 spiro atoms. The Morgan fingerprint density at radius 1 is 1.20 bits per heavy atom. The van der Waals surface area contributed by atoms with E-state index in [2.05, 4.69) is 65.4 Å². The zero-order chi connectivity index (χ0) is 14.5. The lowest BCUT2D eigenvalue weighted by Crippen LogP contribution is -2.18. The van der Waals surface area contributed by atoms with Crippen LogP contribution in [0, 0.1) is 0 Å². The van der Waals surface area contributed by atoms with E-state index in [4.69, 9.17) is 11.6 Å². The van der Waals surface area contributed by atoms with Gasteiger partial charge in [-0.3, -0.25) is 0 Å². The first-order chi connectivity index (χ1) is 9.60. The standard InChI is InChI=1S/C16H17BrClNS/c1-3-19-11(2)15-10-12(17)4-9-16(15)20-14-7-5-13(18)6-8-14/h4-11,19H,3H2,1-2H3. The monoisotopic (exact) mass is 369 g/mol. The smallest absolute Gasteiger partial charge is 0.0406 e. The van der Waals surface area contributed by atoms with Crippen molar-refractivity contribution in [1.82, 2.24) is 5.32 Å². The van der Waals surface area contributed by atoms with Gasteiger partial charge in [-0.2, -0.15) is 0 Å². The molecule has 0 bridgehead atoms. The molecular weight excluding hydrogens is 354 g/mol. The molecule has 1 N–H and O–H groups in total. The fraction of sp³-hybridized carbons (Fsp3) is 0.250. The van der Waals surface area contributed by atoms with Crippen LogP contribution < -0.4 is 5.32 Å². The van der Waals surface area contributed by atoms with Gasteiger partial charge in [0.1, 0.15) is 0 Å². The topological polar surface area (TPSA) is 12.0 Å². The molecule has 106 valence electrons. The normalized spacial score (nSPS) is 12.4. The van der Waals surface area contributed by atoms with Crippen LogP contribution in [0.2, 0.25) is 5.02 Å². The van der Waals surface area contributed by atoms with Crippen molar-refractivity contribution >= 4 is 39.3 Å². The summed E-state index contributed by atoms with van der Waals surface area (Å²) in [5.74, 6) is 0. The average molecular weight is 371 g/mol. The van der Waals surface area contributed by atoms with Gasteiger partial charge in [0, 0.05) is 25.3 Å². The van der Waals surface area contributed by atoms with E-state index in [1.54, 1.807) is 11.8 Å². The number of hydrogen-bond acceptors (Lipinski definition) is 2. The fourth-order valence-electron chi connectivity index (χ4n) is 2.00. The maximum atomic E-state index is 5.93. The molecule has 0 radical (unpaired) electrons. The number of benzene rings is 2. The second-order valence-electron chi connectivity index (χ2n) is 4.52. The summed E-state index contributed by atoms with van der Waals surface area (Å²) < 4.78 is 1.11. The van der Waals surface area contributed by atoms with Crippen LogP contribution in [0.3, 0.4) is 0 Å². The van der Waals surface area contributed by atoms with Crippen LogP contribution in [0.15, 0.2) is 56.7 Å². The van der Waals surface area contributed by atoms with Gasteiger partial charge in [0.05, 0.1) is 0 Å². The van der Waals surface area contributed by atoms with E-state index in [0.717, 1.165) is 16.0 Å². The van der Waals surface area contributed by atoms with Crippen LogP contribution in [0.1, 0.15) is 25.5 Å². The third kappa shape index (κ3) is 4.26. The quantitative estimate of drug-likeness (QED) is 0.700. The van der Waals surface area contributed by atoms with Crippen LogP contribution >= 0.6 is 39.3 Å². The molecule has 0 saturated carbocycles. The highest BCUT2D eigenvalue weighted by molar-refractivity contribution is 9.10. The van der Waals surface area contributed by atoms with Gasteiger partial charge in [0.2, 0.25) is 0 Å². The van der Waals surface area contributed by atoms with Crippen molar-refractivity contribution in [2.24, 2.45) is 0 Å². The summed E-state index contributed by atoms with van der Waals surface area (Å²) in [6, 6.07) is 14.7. The summed E-state index contributed by atoms with van der Waals surface area (Å²) in [6.45, 7) is 5.27. The van der Waals surface area contributed by atoms with Gasteiger partial charge in [-0.05, 0) is 61.5 Å². The van der Waals surface area contributed by atoms with Crippen molar-refractivity contribution in [1.29, 1.82) is 0 Å². The molecule has 0 aliphatic heterocycles. The van der Waals surface area contributed by atoms with Crippen LogP contribution in [0.5, 0.6) is 0 Å². The summed E-state index contributed by atoms with van der Waals surface area (Å²) in [5, 5.41) is 4.24. The van der Waals surface area contributed by atoms with E-state index in [0.29, 0.717) is 6.04 Å². The number of halogens is 2. The van der Waals surface area contributed by atoms with Crippen LogP contribution in [0.4, 0.5) is 0 Å². The first-order valence-corrected chi connectivity index (χ1v) is 8.55. The minimum Gasteiger partial charge on any atom is -0.310 e. The molecule has 0 saturated heterocycles. The lowest BCUT2D eigenvalue weighted by atomic mass is 10.1. The minimum absolute atomic E-state index is 0.326. The Morgan fingerprint density at radius 3 is 2.55 bits per heavy atom. The highest BCUT2D eigenvalue weighted by atomic mass is 79.9. The Kier molecular flexibility index (Phi) is 5.97. The Hall–Kier alpha value is -0.480. The van der Waals surface area contributed by atoms with Gasteiger partial charge in [0.15, 0.2) is 0 Å². The summed E-state index contributed by atoms with van der Waals surface area (Å²) in [4.78, 5) is 2.46. The predicted octanol–water partition coefficient (Wildman–Crippen LogP) is 5.92. The molecule has 1 unspecified atom stereocenters. The van der Waals surface area contributed by atoms with Crippen molar-refractivity contribution in [3.05, 3.63) is 57.5 Å². The van der Waals surface area contributed by atoms with E-state index in [1.165, 1.54) is 15.4 Å². The molecule has 0 aliphatic rings. The van der Waals surface area contributed by atoms with Gasteiger partial charge in [-0.15, -0.1) is 0 Å². The highest BCUT2D eigenvalue weighted by Gasteiger charge is 2.11. The highest BCUT2D eigenvalue weighted by Crippen LogP contribution is 2.35. The van der Waals surface area contributed by atoms with E-state index >= 15 is 0 Å². The lowest BCUT2D eigenvalue weighted by Gasteiger charge is -2.17. The molecule has 0 aliphatic carbocycles. The third-order valence-electron chi connectivity index (χ3n) is 2.99. The summed E-state index contributed by atoms with van der Waals surface area (Å²) in [6.07, 6.45) is 0. The first-order valence-electron chi connectivity index (χ1n) is 6.56. The van der Waals surface area contributed by atoms with Gasteiger partial charge >= 0.3 is 0 Å². The Bertz CT molecular complexity index is 571. The van der Waals surface area contributed by atoms with Crippen molar-refractivity contribution in [2.75, 3.05) is 6.54 Å². The Labute approximate surface area is 138 Å². The zero-order valence-electron chi connectivity index (χ0n) is 11.5. The van der Waals surface area contributed by atoms with Crippen molar-refractivity contribution in [3.8, 4) is 0 Å². The number of rotatable bonds is 5. The molecule has 1 atom stereocenters. The predicted molar refractivity (Wildman–Crippen MR) is 91.8 cm³/mol. The second-order valence-corrected chi connectivity index (χ2v) is 6.98. The molecule has 0 heterocycles. The molecule has 0 aromatic heterocycles. The molecule has 20 heavy (non-hydrogen) atoms. The summed E-state index contributed by atoms with van der Waals surface area (Å²) in [7, 11) is 0. The lowest BCUT2D eigenvalue weighted by molar-refractivity contribution is 0.589. The maximum absolute atomic E-state index is 5.93. The van der Waals surface area contributed by atoms with E-state index in [1.807, 2.05) is 12.1 Å². The molecule has 0 fully saturated rings. The summed E-state index contributed by atoms with van der Waals surface area (Å²) >= 11 is 11.3. The van der Waals surface area contributed by atoms with Gasteiger partial charge in [-0.25, -0.2) is 0 Å². The van der Waals surface area contributed by atoms with Crippen molar-refractivity contribution in [3.63, 3.8) is 0 Å². The SMILES string of the molecule is CCNC(C)c1cc(Br)ccc1Sc1ccc(Cl)cc1. The molecule has 2 rings (SSSR count). The maximum Gasteiger partial charge on any atom is 0.0406 e.